The number of benzene rings is 2. The summed E-state index contributed by atoms with van der Waals surface area (Å²) in [5.41, 5.74) is 1.44. The topological polar surface area (TPSA) is 88.4 Å². The SMILES string of the molecule is CS(=O)(=O)n1c(C(=O)N[C@H](CO)Cc2ccccc2)cc2ccccc21. The Balaban J connectivity index is 1.92. The number of aliphatic hydroxyl groups excluding tert-OH is 1. The van der Waals surface area contributed by atoms with Crippen LogP contribution in [-0.4, -0.2) is 42.3 Å². The second kappa shape index (κ2) is 7.31. The van der Waals surface area contributed by atoms with Crippen molar-refractivity contribution in [1.29, 1.82) is 0 Å². The molecule has 136 valence electrons. The summed E-state index contributed by atoms with van der Waals surface area (Å²) < 4.78 is 25.5. The Bertz CT molecular complexity index is 1030. The van der Waals surface area contributed by atoms with Gasteiger partial charge < -0.3 is 10.4 Å². The third-order valence-electron chi connectivity index (χ3n) is 4.11. The molecule has 0 aliphatic rings. The first-order valence-electron chi connectivity index (χ1n) is 8.17. The summed E-state index contributed by atoms with van der Waals surface area (Å²) in [6, 6.07) is 17.4. The smallest absolute Gasteiger partial charge is 0.269 e. The lowest BCUT2D eigenvalue weighted by Crippen LogP contribution is -2.40. The molecule has 0 bridgehead atoms. The minimum atomic E-state index is -3.67. The molecule has 0 fully saturated rings. The highest BCUT2D eigenvalue weighted by Crippen LogP contribution is 2.21. The predicted octanol–water partition coefficient (Wildman–Crippen LogP) is 1.78. The average molecular weight is 372 g/mol. The monoisotopic (exact) mass is 372 g/mol. The lowest BCUT2D eigenvalue weighted by Gasteiger charge is -2.17. The van der Waals surface area contributed by atoms with Gasteiger partial charge in [-0.05, 0) is 24.1 Å². The Morgan fingerprint density at radius 1 is 1.12 bits per heavy atom. The molecule has 0 saturated heterocycles. The summed E-state index contributed by atoms with van der Waals surface area (Å²) in [5, 5.41) is 13.0. The molecule has 1 aromatic heterocycles. The lowest BCUT2D eigenvalue weighted by molar-refractivity contribution is 0.0910. The van der Waals surface area contributed by atoms with Gasteiger partial charge >= 0.3 is 0 Å². The van der Waals surface area contributed by atoms with Gasteiger partial charge in [0.05, 0.1) is 24.4 Å². The van der Waals surface area contributed by atoms with E-state index in [0.717, 1.165) is 15.8 Å². The van der Waals surface area contributed by atoms with Crippen molar-refractivity contribution in [1.82, 2.24) is 9.29 Å². The van der Waals surface area contributed by atoms with E-state index in [0.29, 0.717) is 17.3 Å². The number of fused-ring (bicyclic) bond motifs is 1. The molecule has 2 N–H and O–H groups in total. The number of hydrogen-bond acceptors (Lipinski definition) is 4. The van der Waals surface area contributed by atoms with Crippen LogP contribution >= 0.6 is 0 Å². The Morgan fingerprint density at radius 2 is 1.77 bits per heavy atom. The first kappa shape index (κ1) is 18.2. The maximum Gasteiger partial charge on any atom is 0.269 e. The Hall–Kier alpha value is -2.64. The van der Waals surface area contributed by atoms with E-state index < -0.39 is 22.0 Å². The fourth-order valence-electron chi connectivity index (χ4n) is 2.96. The van der Waals surface area contributed by atoms with E-state index in [1.165, 1.54) is 0 Å². The van der Waals surface area contributed by atoms with Crippen LogP contribution in [0.3, 0.4) is 0 Å². The molecule has 3 rings (SSSR count). The van der Waals surface area contributed by atoms with Crippen molar-refractivity contribution < 1.29 is 18.3 Å². The van der Waals surface area contributed by atoms with E-state index in [4.69, 9.17) is 0 Å². The van der Waals surface area contributed by atoms with E-state index in [1.807, 2.05) is 30.3 Å². The molecule has 0 unspecified atom stereocenters. The summed E-state index contributed by atoms with van der Waals surface area (Å²) in [4.78, 5) is 12.7. The fourth-order valence-corrected chi connectivity index (χ4v) is 3.98. The minimum absolute atomic E-state index is 0.0280. The second-order valence-corrected chi connectivity index (χ2v) is 7.99. The molecule has 3 aromatic rings. The van der Waals surface area contributed by atoms with Crippen molar-refractivity contribution in [2.45, 2.75) is 12.5 Å². The van der Waals surface area contributed by atoms with Crippen LogP contribution in [0.15, 0.2) is 60.7 Å². The van der Waals surface area contributed by atoms with Gasteiger partial charge in [-0.15, -0.1) is 0 Å². The summed E-state index contributed by atoms with van der Waals surface area (Å²) in [5.74, 6) is -0.540. The standard InChI is InChI=1S/C19H20N2O4S/c1-26(24,25)21-17-10-6-5-9-15(17)12-18(21)19(23)20-16(13-22)11-14-7-3-2-4-8-14/h2-10,12,16,22H,11,13H2,1H3,(H,20,23)/t16-/m0/s1. The van der Waals surface area contributed by atoms with Crippen LogP contribution in [0, 0.1) is 0 Å². The molecule has 26 heavy (non-hydrogen) atoms. The third kappa shape index (κ3) is 3.79. The zero-order chi connectivity index (χ0) is 18.7. The number of carbonyl (C=O) groups excluding carboxylic acids is 1. The fraction of sp³-hybridized carbons (Fsp3) is 0.211. The molecule has 6 nitrogen and oxygen atoms in total. The number of nitrogens with one attached hydrogen (secondary N) is 1. The van der Waals surface area contributed by atoms with E-state index in [1.54, 1.807) is 30.3 Å². The number of amides is 1. The molecule has 7 heteroatoms. The van der Waals surface area contributed by atoms with E-state index in [9.17, 15) is 18.3 Å². The quantitative estimate of drug-likeness (QED) is 0.690. The molecule has 0 aliphatic carbocycles. The summed E-state index contributed by atoms with van der Waals surface area (Å²) >= 11 is 0. The van der Waals surface area contributed by atoms with Crippen LogP contribution < -0.4 is 5.32 Å². The molecule has 1 heterocycles. The number of aromatic nitrogens is 1. The molecule has 0 spiro atoms. The Morgan fingerprint density at radius 3 is 2.42 bits per heavy atom. The van der Waals surface area contributed by atoms with Crippen molar-refractivity contribution in [2.75, 3.05) is 12.9 Å². The number of para-hydroxylation sites is 1. The highest BCUT2D eigenvalue weighted by Gasteiger charge is 2.23. The number of carbonyl (C=O) groups is 1. The van der Waals surface area contributed by atoms with Gasteiger partial charge in [-0.2, -0.15) is 0 Å². The predicted molar refractivity (Wildman–Crippen MR) is 101 cm³/mol. The van der Waals surface area contributed by atoms with Crippen LogP contribution in [-0.2, 0) is 16.4 Å². The first-order valence-corrected chi connectivity index (χ1v) is 10.0. The van der Waals surface area contributed by atoms with E-state index >= 15 is 0 Å². The highest BCUT2D eigenvalue weighted by molar-refractivity contribution is 7.89. The molecule has 1 amide bonds. The van der Waals surface area contributed by atoms with Crippen molar-refractivity contribution >= 4 is 26.8 Å². The zero-order valence-corrected chi connectivity index (χ0v) is 15.1. The van der Waals surface area contributed by atoms with Gasteiger partial charge in [-0.1, -0.05) is 48.5 Å². The van der Waals surface area contributed by atoms with Crippen LogP contribution in [0.1, 0.15) is 16.1 Å². The minimum Gasteiger partial charge on any atom is -0.394 e. The number of nitrogens with zero attached hydrogens (tertiary/aromatic N) is 1. The van der Waals surface area contributed by atoms with Gasteiger partial charge in [0.25, 0.3) is 5.91 Å². The van der Waals surface area contributed by atoms with Crippen LogP contribution in [0.5, 0.6) is 0 Å². The van der Waals surface area contributed by atoms with Crippen LogP contribution in [0.4, 0.5) is 0 Å². The molecule has 1 atom stereocenters. The maximum atomic E-state index is 12.7. The third-order valence-corrected chi connectivity index (χ3v) is 5.17. The van der Waals surface area contributed by atoms with Crippen LogP contribution in [0.25, 0.3) is 10.9 Å². The first-order chi connectivity index (χ1) is 12.4. The Labute approximate surface area is 152 Å². The van der Waals surface area contributed by atoms with Gasteiger partial charge in [0, 0.05) is 5.39 Å². The van der Waals surface area contributed by atoms with Gasteiger partial charge in [-0.3, -0.25) is 4.79 Å². The summed E-state index contributed by atoms with van der Waals surface area (Å²) in [6.07, 6.45) is 1.51. The highest BCUT2D eigenvalue weighted by atomic mass is 32.2. The number of hydrogen-bond donors (Lipinski definition) is 2. The second-order valence-electron chi connectivity index (χ2n) is 6.16. The van der Waals surface area contributed by atoms with Crippen LogP contribution in [0.2, 0.25) is 0 Å². The molecular formula is C19H20N2O4S. The van der Waals surface area contributed by atoms with E-state index in [-0.39, 0.29) is 12.3 Å². The van der Waals surface area contributed by atoms with Gasteiger partial charge in [0.2, 0.25) is 10.0 Å². The maximum absolute atomic E-state index is 12.7. The van der Waals surface area contributed by atoms with Crippen molar-refractivity contribution in [3.63, 3.8) is 0 Å². The lowest BCUT2D eigenvalue weighted by atomic mass is 10.1. The van der Waals surface area contributed by atoms with E-state index in [2.05, 4.69) is 5.32 Å². The Kier molecular flexibility index (Phi) is 5.11. The average Bonchev–Trinajstić information content (AvgIpc) is 3.02. The molecular weight excluding hydrogens is 352 g/mol. The van der Waals surface area contributed by atoms with Gasteiger partial charge in [0.1, 0.15) is 5.69 Å². The largest absolute Gasteiger partial charge is 0.394 e. The molecule has 0 radical (unpaired) electrons. The normalized spacial score (nSPS) is 12.8. The van der Waals surface area contributed by atoms with Gasteiger partial charge in [-0.25, -0.2) is 12.4 Å². The summed E-state index contributed by atoms with van der Waals surface area (Å²) in [6.45, 7) is -0.250. The van der Waals surface area contributed by atoms with Gasteiger partial charge in [0.15, 0.2) is 0 Å². The zero-order valence-electron chi connectivity index (χ0n) is 14.3. The van der Waals surface area contributed by atoms with Crippen molar-refractivity contribution in [3.05, 3.63) is 71.9 Å². The molecule has 0 saturated carbocycles. The summed E-state index contributed by atoms with van der Waals surface area (Å²) in [7, 11) is -3.67. The number of aliphatic hydroxyl groups is 1. The number of rotatable bonds is 6. The van der Waals surface area contributed by atoms with Crippen molar-refractivity contribution in [3.8, 4) is 0 Å². The molecule has 2 aromatic carbocycles. The molecule has 0 aliphatic heterocycles. The van der Waals surface area contributed by atoms with Crippen molar-refractivity contribution in [2.24, 2.45) is 0 Å².